The average Bonchev–Trinajstić information content (AvgIpc) is 3.40. The van der Waals surface area contributed by atoms with E-state index in [4.69, 9.17) is 47.0 Å². The molecule has 2 unspecified atom stereocenters. The number of halogens is 3. The van der Waals surface area contributed by atoms with E-state index in [9.17, 15) is 5.11 Å². The number of thiocarbonyl (C=S) groups is 1. The number of pyridine rings is 1. The predicted octanol–water partition coefficient (Wildman–Crippen LogP) is 6.72. The standard InChI is InChI=1S/C24H17Cl3N4OS/c25-14-6-8-18(16(27)12-14)30-11-3-5-19(30)23-22(17-4-1-2-10-28-17)29-24(33)31(23)20-13-15(26)7-9-21(20)32/h1-13,22-23,32H,(H,29,33). The zero-order valence-electron chi connectivity index (χ0n) is 17.0. The number of anilines is 1. The highest BCUT2D eigenvalue weighted by atomic mass is 35.5. The molecule has 5 rings (SSSR count). The van der Waals surface area contributed by atoms with E-state index in [1.54, 1.807) is 36.5 Å². The summed E-state index contributed by atoms with van der Waals surface area (Å²) in [5.74, 6) is 0.0675. The Bertz CT molecular complexity index is 1340. The van der Waals surface area contributed by atoms with Gasteiger partial charge in [-0.15, -0.1) is 0 Å². The fraction of sp³-hybridized carbons (Fsp3) is 0.0833. The summed E-state index contributed by atoms with van der Waals surface area (Å²) in [7, 11) is 0. The molecule has 3 heterocycles. The summed E-state index contributed by atoms with van der Waals surface area (Å²) in [4.78, 5) is 6.43. The molecule has 0 saturated carbocycles. The van der Waals surface area contributed by atoms with Gasteiger partial charge in [-0.1, -0.05) is 40.9 Å². The lowest BCUT2D eigenvalue weighted by Gasteiger charge is -2.29. The first kappa shape index (κ1) is 22.0. The van der Waals surface area contributed by atoms with Crippen molar-refractivity contribution >= 4 is 57.8 Å². The molecule has 33 heavy (non-hydrogen) atoms. The van der Waals surface area contributed by atoms with Crippen molar-refractivity contribution in [1.82, 2.24) is 14.9 Å². The van der Waals surface area contributed by atoms with Crippen LogP contribution in [-0.2, 0) is 0 Å². The van der Waals surface area contributed by atoms with Crippen molar-refractivity contribution in [3.63, 3.8) is 0 Å². The molecular weight excluding hydrogens is 499 g/mol. The molecule has 0 aliphatic carbocycles. The fourth-order valence-electron chi connectivity index (χ4n) is 4.14. The molecule has 4 aromatic rings. The van der Waals surface area contributed by atoms with E-state index in [0.717, 1.165) is 17.1 Å². The van der Waals surface area contributed by atoms with Crippen LogP contribution in [0.3, 0.4) is 0 Å². The van der Waals surface area contributed by atoms with Crippen molar-refractivity contribution in [1.29, 1.82) is 0 Å². The molecule has 2 aromatic heterocycles. The lowest BCUT2D eigenvalue weighted by atomic mass is 10.0. The second-order valence-electron chi connectivity index (χ2n) is 7.53. The van der Waals surface area contributed by atoms with Gasteiger partial charge in [-0.2, -0.15) is 0 Å². The molecule has 5 nitrogen and oxygen atoms in total. The van der Waals surface area contributed by atoms with Crippen LogP contribution in [0.15, 0.2) is 79.1 Å². The molecule has 0 radical (unpaired) electrons. The summed E-state index contributed by atoms with van der Waals surface area (Å²) in [5.41, 5.74) is 2.97. The highest BCUT2D eigenvalue weighted by Gasteiger charge is 2.43. The molecule has 2 atom stereocenters. The molecule has 1 saturated heterocycles. The quantitative estimate of drug-likeness (QED) is 0.296. The predicted molar refractivity (Wildman–Crippen MR) is 137 cm³/mol. The van der Waals surface area contributed by atoms with Crippen LogP contribution in [0.5, 0.6) is 5.75 Å². The molecule has 1 aliphatic heterocycles. The number of phenolic OH excluding ortho intramolecular Hbond substituents is 1. The third kappa shape index (κ3) is 4.04. The van der Waals surface area contributed by atoms with Gasteiger partial charge in [0.1, 0.15) is 11.8 Å². The summed E-state index contributed by atoms with van der Waals surface area (Å²) in [6, 6.07) is 19.3. The molecular formula is C24H17Cl3N4OS. The normalized spacial score (nSPS) is 17.9. The Balaban J connectivity index is 1.71. The Morgan fingerprint density at radius 3 is 2.45 bits per heavy atom. The number of rotatable bonds is 4. The Labute approximate surface area is 211 Å². The van der Waals surface area contributed by atoms with Crippen LogP contribution in [0, 0.1) is 0 Å². The highest BCUT2D eigenvalue weighted by molar-refractivity contribution is 7.80. The lowest BCUT2D eigenvalue weighted by Crippen LogP contribution is -2.30. The van der Waals surface area contributed by atoms with Crippen LogP contribution in [0.25, 0.3) is 5.69 Å². The summed E-state index contributed by atoms with van der Waals surface area (Å²) in [6.45, 7) is 0. The minimum Gasteiger partial charge on any atom is -0.506 e. The van der Waals surface area contributed by atoms with Gasteiger partial charge >= 0.3 is 0 Å². The second kappa shape index (κ2) is 8.88. The average molecular weight is 516 g/mol. The van der Waals surface area contributed by atoms with Crippen LogP contribution in [-0.4, -0.2) is 19.8 Å². The van der Waals surface area contributed by atoms with Gasteiger partial charge in [0.25, 0.3) is 0 Å². The number of hydrogen-bond donors (Lipinski definition) is 2. The highest BCUT2D eigenvalue weighted by Crippen LogP contribution is 2.45. The summed E-state index contributed by atoms with van der Waals surface area (Å²) >= 11 is 24.7. The largest absolute Gasteiger partial charge is 0.506 e. The summed E-state index contributed by atoms with van der Waals surface area (Å²) in [6.07, 6.45) is 3.67. The Morgan fingerprint density at radius 1 is 0.909 bits per heavy atom. The SMILES string of the molecule is Oc1ccc(Cl)cc1N1C(=S)NC(c2ccccn2)C1c1cccn1-c1ccc(Cl)cc1Cl. The van der Waals surface area contributed by atoms with E-state index in [1.807, 2.05) is 52.1 Å². The van der Waals surface area contributed by atoms with Gasteiger partial charge in [-0.3, -0.25) is 4.98 Å². The zero-order valence-corrected chi connectivity index (χ0v) is 20.1. The number of aromatic nitrogens is 2. The van der Waals surface area contributed by atoms with Crippen molar-refractivity contribution in [3.8, 4) is 11.4 Å². The van der Waals surface area contributed by atoms with Crippen molar-refractivity contribution in [3.05, 3.63) is 106 Å². The van der Waals surface area contributed by atoms with Gasteiger partial charge in [0.05, 0.1) is 28.1 Å². The Hall–Kier alpha value is -2.77. The second-order valence-corrected chi connectivity index (χ2v) is 9.20. The van der Waals surface area contributed by atoms with E-state index in [-0.39, 0.29) is 17.8 Å². The van der Waals surface area contributed by atoms with Gasteiger partial charge in [-0.25, -0.2) is 0 Å². The van der Waals surface area contributed by atoms with Crippen LogP contribution in [0.1, 0.15) is 23.5 Å². The maximum atomic E-state index is 10.7. The minimum atomic E-state index is -0.362. The lowest BCUT2D eigenvalue weighted by molar-refractivity contribution is 0.472. The van der Waals surface area contributed by atoms with E-state index in [0.29, 0.717) is 25.9 Å². The van der Waals surface area contributed by atoms with E-state index < -0.39 is 0 Å². The maximum Gasteiger partial charge on any atom is 0.174 e. The molecule has 1 aliphatic rings. The molecule has 2 aromatic carbocycles. The van der Waals surface area contributed by atoms with Crippen LogP contribution >= 0.6 is 47.0 Å². The smallest absolute Gasteiger partial charge is 0.174 e. The topological polar surface area (TPSA) is 53.3 Å². The third-order valence-electron chi connectivity index (χ3n) is 5.55. The fourth-order valence-corrected chi connectivity index (χ4v) is 5.14. The number of aromatic hydroxyl groups is 1. The van der Waals surface area contributed by atoms with Gasteiger partial charge in [0, 0.05) is 28.1 Å². The van der Waals surface area contributed by atoms with Crippen LogP contribution in [0.4, 0.5) is 5.69 Å². The van der Waals surface area contributed by atoms with Crippen molar-refractivity contribution < 1.29 is 5.11 Å². The zero-order chi connectivity index (χ0) is 23.1. The van der Waals surface area contributed by atoms with E-state index >= 15 is 0 Å². The van der Waals surface area contributed by atoms with Gasteiger partial charge in [-0.05, 0) is 72.9 Å². The summed E-state index contributed by atoms with van der Waals surface area (Å²) in [5, 5.41) is 16.1. The van der Waals surface area contributed by atoms with E-state index in [1.165, 1.54) is 0 Å². The van der Waals surface area contributed by atoms with Crippen LogP contribution < -0.4 is 10.2 Å². The number of nitrogens with zero attached hydrogens (tertiary/aromatic N) is 3. The number of benzene rings is 2. The minimum absolute atomic E-state index is 0.0675. The van der Waals surface area contributed by atoms with Crippen molar-refractivity contribution in [2.24, 2.45) is 0 Å². The monoisotopic (exact) mass is 514 g/mol. The first-order valence-electron chi connectivity index (χ1n) is 10.1. The molecule has 0 amide bonds. The number of nitrogens with one attached hydrogen (secondary N) is 1. The Kier molecular flexibility index (Phi) is 5.93. The van der Waals surface area contributed by atoms with Crippen molar-refractivity contribution in [2.45, 2.75) is 12.1 Å². The Morgan fingerprint density at radius 2 is 1.70 bits per heavy atom. The molecule has 0 bridgehead atoms. The molecule has 166 valence electrons. The van der Waals surface area contributed by atoms with Crippen LogP contribution in [0.2, 0.25) is 15.1 Å². The first-order chi connectivity index (χ1) is 15.9. The summed E-state index contributed by atoms with van der Waals surface area (Å²) < 4.78 is 1.99. The molecule has 1 fully saturated rings. The van der Waals surface area contributed by atoms with E-state index in [2.05, 4.69) is 10.3 Å². The number of hydrogen-bond acceptors (Lipinski definition) is 3. The van der Waals surface area contributed by atoms with Gasteiger partial charge in [0.2, 0.25) is 0 Å². The van der Waals surface area contributed by atoms with Gasteiger partial charge < -0.3 is 19.9 Å². The number of phenols is 1. The maximum absolute atomic E-state index is 10.7. The molecule has 0 spiro atoms. The third-order valence-corrected chi connectivity index (χ3v) is 6.64. The molecule has 9 heteroatoms. The molecule has 2 N–H and O–H groups in total. The van der Waals surface area contributed by atoms with Crippen molar-refractivity contribution in [2.75, 3.05) is 4.90 Å². The first-order valence-corrected chi connectivity index (χ1v) is 11.6. The van der Waals surface area contributed by atoms with Gasteiger partial charge in [0.15, 0.2) is 5.11 Å².